The maximum absolute atomic E-state index is 12.2. The minimum Gasteiger partial charge on any atom is -0.481 e. The molecule has 0 bridgehead atoms. The van der Waals surface area contributed by atoms with Gasteiger partial charge in [0.25, 0.3) is 0 Å². The van der Waals surface area contributed by atoms with Crippen LogP contribution in [0, 0.1) is 5.92 Å². The van der Waals surface area contributed by atoms with Crippen molar-refractivity contribution in [3.63, 3.8) is 0 Å². The van der Waals surface area contributed by atoms with Gasteiger partial charge in [0.15, 0.2) is 5.78 Å². The highest BCUT2D eigenvalue weighted by molar-refractivity contribution is 5.98. The number of ketones is 1. The van der Waals surface area contributed by atoms with Crippen LogP contribution in [0.5, 0.6) is 0 Å². The van der Waals surface area contributed by atoms with Crippen LogP contribution in [0.4, 0.5) is 5.69 Å². The molecular weight excluding hydrogens is 258 g/mol. The lowest BCUT2D eigenvalue weighted by Crippen LogP contribution is -2.34. The SMILES string of the molecule is CC(=O)c1ccc(N(CCC(=O)O)C(=O)C2CC2)cc1. The molecule has 1 fully saturated rings. The van der Waals surface area contributed by atoms with Crippen LogP contribution in [0.2, 0.25) is 0 Å². The molecule has 0 heterocycles. The maximum Gasteiger partial charge on any atom is 0.305 e. The Labute approximate surface area is 117 Å². The number of aliphatic carboxylic acids is 1. The molecule has 106 valence electrons. The van der Waals surface area contributed by atoms with Crippen LogP contribution in [0.1, 0.15) is 36.5 Å². The number of carboxylic acids is 1. The summed E-state index contributed by atoms with van der Waals surface area (Å²) in [7, 11) is 0. The van der Waals surface area contributed by atoms with Crippen molar-refractivity contribution >= 4 is 23.3 Å². The number of carbonyl (C=O) groups excluding carboxylic acids is 2. The number of hydrogen-bond acceptors (Lipinski definition) is 3. The molecule has 5 heteroatoms. The number of anilines is 1. The molecule has 1 aromatic rings. The fourth-order valence-electron chi connectivity index (χ4n) is 2.00. The second kappa shape index (κ2) is 5.86. The Kier molecular flexibility index (Phi) is 4.17. The van der Waals surface area contributed by atoms with Gasteiger partial charge in [-0.25, -0.2) is 0 Å². The minimum absolute atomic E-state index is 0.0243. The number of rotatable bonds is 6. The summed E-state index contributed by atoms with van der Waals surface area (Å²) < 4.78 is 0. The van der Waals surface area contributed by atoms with Crippen molar-refractivity contribution in [3.8, 4) is 0 Å². The summed E-state index contributed by atoms with van der Waals surface area (Å²) in [6.45, 7) is 1.64. The molecule has 0 spiro atoms. The minimum atomic E-state index is -0.932. The summed E-state index contributed by atoms with van der Waals surface area (Å²) in [5.74, 6) is -0.973. The van der Waals surface area contributed by atoms with Gasteiger partial charge >= 0.3 is 5.97 Å². The van der Waals surface area contributed by atoms with Gasteiger partial charge in [-0.15, -0.1) is 0 Å². The molecule has 1 aliphatic carbocycles. The third-order valence-electron chi connectivity index (χ3n) is 3.33. The summed E-state index contributed by atoms with van der Waals surface area (Å²) in [5, 5.41) is 8.78. The fourth-order valence-corrected chi connectivity index (χ4v) is 2.00. The molecule has 1 saturated carbocycles. The topological polar surface area (TPSA) is 74.7 Å². The normalized spacial score (nSPS) is 13.8. The van der Waals surface area contributed by atoms with Crippen molar-refractivity contribution in [1.29, 1.82) is 0 Å². The molecule has 0 unspecified atom stereocenters. The first-order valence-corrected chi connectivity index (χ1v) is 6.63. The first kappa shape index (κ1) is 14.2. The Morgan fingerprint density at radius 2 is 1.80 bits per heavy atom. The molecular formula is C15H17NO4. The lowest BCUT2D eigenvalue weighted by Gasteiger charge is -2.22. The summed E-state index contributed by atoms with van der Waals surface area (Å²) in [6, 6.07) is 6.70. The van der Waals surface area contributed by atoms with Gasteiger partial charge in [0.05, 0.1) is 6.42 Å². The largest absolute Gasteiger partial charge is 0.481 e. The van der Waals surface area contributed by atoms with Crippen LogP contribution in [0.3, 0.4) is 0 Å². The zero-order valence-electron chi connectivity index (χ0n) is 11.3. The van der Waals surface area contributed by atoms with Crippen LogP contribution in [0.15, 0.2) is 24.3 Å². The third kappa shape index (κ3) is 3.44. The second-order valence-electron chi connectivity index (χ2n) is 5.01. The van der Waals surface area contributed by atoms with Gasteiger partial charge in [-0.2, -0.15) is 0 Å². The maximum atomic E-state index is 12.2. The Morgan fingerprint density at radius 3 is 2.25 bits per heavy atom. The molecule has 0 radical (unpaired) electrons. The van der Waals surface area contributed by atoms with Gasteiger partial charge in [-0.05, 0) is 44.0 Å². The third-order valence-corrected chi connectivity index (χ3v) is 3.33. The lowest BCUT2D eigenvalue weighted by molar-refractivity contribution is -0.136. The molecule has 20 heavy (non-hydrogen) atoms. The van der Waals surface area contributed by atoms with E-state index in [0.29, 0.717) is 11.3 Å². The summed E-state index contributed by atoms with van der Waals surface area (Å²) >= 11 is 0. The standard InChI is InChI=1S/C15H17NO4/c1-10(17)11-4-6-13(7-5-11)16(9-8-14(18)19)15(20)12-2-3-12/h4-7,12H,2-3,8-9H2,1H3,(H,18,19). The van der Waals surface area contributed by atoms with Crippen molar-refractivity contribution in [2.24, 2.45) is 5.92 Å². The van der Waals surface area contributed by atoms with Gasteiger partial charge in [0, 0.05) is 23.7 Å². The number of hydrogen-bond donors (Lipinski definition) is 1. The number of nitrogens with zero attached hydrogens (tertiary/aromatic N) is 1. The number of benzene rings is 1. The number of amides is 1. The van der Waals surface area contributed by atoms with Crippen LogP contribution < -0.4 is 4.90 Å². The fraction of sp³-hybridized carbons (Fsp3) is 0.400. The lowest BCUT2D eigenvalue weighted by atomic mass is 10.1. The molecule has 0 aliphatic heterocycles. The number of carboxylic acid groups (broad SMARTS) is 1. The van der Waals surface area contributed by atoms with E-state index in [1.807, 2.05) is 0 Å². The van der Waals surface area contributed by atoms with E-state index in [1.165, 1.54) is 11.8 Å². The molecule has 2 rings (SSSR count). The zero-order chi connectivity index (χ0) is 14.7. The smallest absolute Gasteiger partial charge is 0.305 e. The summed E-state index contributed by atoms with van der Waals surface area (Å²) in [6.07, 6.45) is 1.65. The average Bonchev–Trinajstić information content (AvgIpc) is 3.23. The van der Waals surface area contributed by atoms with E-state index >= 15 is 0 Å². The molecule has 0 saturated heterocycles. The highest BCUT2D eigenvalue weighted by atomic mass is 16.4. The van der Waals surface area contributed by atoms with E-state index in [2.05, 4.69) is 0 Å². The first-order chi connectivity index (χ1) is 9.49. The highest BCUT2D eigenvalue weighted by Gasteiger charge is 2.34. The van der Waals surface area contributed by atoms with Crippen molar-refractivity contribution in [3.05, 3.63) is 29.8 Å². The van der Waals surface area contributed by atoms with Crippen LogP contribution in [-0.4, -0.2) is 29.3 Å². The molecule has 5 nitrogen and oxygen atoms in total. The summed E-state index contributed by atoms with van der Waals surface area (Å²) in [4.78, 5) is 35.7. The predicted molar refractivity (Wildman–Crippen MR) is 73.8 cm³/mol. The van der Waals surface area contributed by atoms with Gasteiger partial charge < -0.3 is 10.0 Å². The predicted octanol–water partition coefficient (Wildman–Crippen LogP) is 2.11. The highest BCUT2D eigenvalue weighted by Crippen LogP contribution is 2.33. The van der Waals surface area contributed by atoms with E-state index in [4.69, 9.17) is 5.11 Å². The van der Waals surface area contributed by atoms with Crippen molar-refractivity contribution in [2.45, 2.75) is 26.2 Å². The number of Topliss-reactive ketones (excluding diaryl/α,β-unsaturated/α-hetero) is 1. The van der Waals surface area contributed by atoms with Crippen LogP contribution in [-0.2, 0) is 9.59 Å². The average molecular weight is 275 g/mol. The van der Waals surface area contributed by atoms with Gasteiger partial charge in [0.1, 0.15) is 0 Å². The van der Waals surface area contributed by atoms with Gasteiger partial charge in [0.2, 0.25) is 5.91 Å². The van der Waals surface area contributed by atoms with Crippen molar-refractivity contribution in [1.82, 2.24) is 0 Å². The van der Waals surface area contributed by atoms with E-state index in [-0.39, 0.29) is 30.6 Å². The number of carbonyl (C=O) groups is 3. The Balaban J connectivity index is 2.17. The van der Waals surface area contributed by atoms with E-state index in [1.54, 1.807) is 24.3 Å². The Hall–Kier alpha value is -2.17. The molecule has 0 aromatic heterocycles. The molecule has 0 atom stereocenters. The van der Waals surface area contributed by atoms with E-state index in [0.717, 1.165) is 12.8 Å². The van der Waals surface area contributed by atoms with E-state index < -0.39 is 5.97 Å². The van der Waals surface area contributed by atoms with Crippen LogP contribution >= 0.6 is 0 Å². The first-order valence-electron chi connectivity index (χ1n) is 6.63. The Morgan fingerprint density at radius 1 is 1.20 bits per heavy atom. The quantitative estimate of drug-likeness (QED) is 0.807. The molecule has 1 aliphatic rings. The van der Waals surface area contributed by atoms with Crippen LogP contribution in [0.25, 0.3) is 0 Å². The van der Waals surface area contributed by atoms with Crippen molar-refractivity contribution < 1.29 is 19.5 Å². The van der Waals surface area contributed by atoms with Gasteiger partial charge in [-0.1, -0.05) is 0 Å². The van der Waals surface area contributed by atoms with Gasteiger partial charge in [-0.3, -0.25) is 14.4 Å². The van der Waals surface area contributed by atoms with Crippen molar-refractivity contribution in [2.75, 3.05) is 11.4 Å². The summed E-state index contributed by atoms with van der Waals surface area (Å²) in [5.41, 5.74) is 1.22. The molecule has 1 N–H and O–H groups in total. The second-order valence-corrected chi connectivity index (χ2v) is 5.01. The monoisotopic (exact) mass is 275 g/mol. The Bertz CT molecular complexity index is 531. The molecule has 1 aromatic carbocycles. The van der Waals surface area contributed by atoms with E-state index in [9.17, 15) is 14.4 Å². The zero-order valence-corrected chi connectivity index (χ0v) is 11.3. The molecule has 1 amide bonds.